The van der Waals surface area contributed by atoms with Crippen LogP contribution in [0.3, 0.4) is 0 Å². The third-order valence-electron chi connectivity index (χ3n) is 3.34. The normalized spacial score (nSPS) is 10.2. The Labute approximate surface area is 136 Å². The first-order valence-corrected chi connectivity index (χ1v) is 7.76. The lowest BCUT2D eigenvalue weighted by Gasteiger charge is -2.15. The molecule has 0 aromatic heterocycles. The van der Waals surface area contributed by atoms with E-state index in [0.29, 0.717) is 11.7 Å². The highest BCUT2D eigenvalue weighted by Crippen LogP contribution is 2.20. The number of nitrogens with one attached hydrogen (secondary N) is 2. The van der Waals surface area contributed by atoms with Crippen LogP contribution in [-0.2, 0) is 13.0 Å². The molecule has 0 saturated heterocycles. The zero-order chi connectivity index (χ0) is 15.2. The Morgan fingerprint density at radius 3 is 2.52 bits per heavy atom. The van der Waals surface area contributed by atoms with Crippen LogP contribution in [-0.4, -0.2) is 5.11 Å². The predicted octanol–water partition coefficient (Wildman–Crippen LogP) is 4.70. The number of anilines is 1. The molecule has 0 unspecified atom stereocenters. The average Bonchev–Trinajstić information content (AvgIpc) is 2.49. The van der Waals surface area contributed by atoms with Crippen molar-refractivity contribution in [2.45, 2.75) is 26.8 Å². The number of rotatable bonds is 4. The molecule has 0 aliphatic heterocycles. The lowest BCUT2D eigenvalue weighted by atomic mass is 10.1. The van der Waals surface area contributed by atoms with Gasteiger partial charge in [0, 0.05) is 17.3 Å². The first-order valence-electron chi connectivity index (χ1n) is 6.98. The van der Waals surface area contributed by atoms with Crippen molar-refractivity contribution < 1.29 is 0 Å². The molecule has 0 heterocycles. The molecule has 21 heavy (non-hydrogen) atoms. The van der Waals surface area contributed by atoms with Crippen molar-refractivity contribution in [2.24, 2.45) is 0 Å². The molecule has 0 bridgehead atoms. The molecule has 2 nitrogen and oxygen atoms in total. The third kappa shape index (κ3) is 4.45. The van der Waals surface area contributed by atoms with E-state index in [9.17, 15) is 0 Å². The van der Waals surface area contributed by atoms with Crippen molar-refractivity contribution in [1.29, 1.82) is 0 Å². The molecular weight excluding hydrogens is 300 g/mol. The summed E-state index contributed by atoms with van der Waals surface area (Å²) in [4.78, 5) is 0. The van der Waals surface area contributed by atoms with Gasteiger partial charge in [0.2, 0.25) is 0 Å². The van der Waals surface area contributed by atoms with E-state index < -0.39 is 0 Å². The Hall–Kier alpha value is -1.58. The van der Waals surface area contributed by atoms with Crippen molar-refractivity contribution in [1.82, 2.24) is 5.32 Å². The van der Waals surface area contributed by atoms with Crippen molar-refractivity contribution >= 4 is 34.6 Å². The second-order valence-electron chi connectivity index (χ2n) is 4.90. The molecular formula is C17H19ClN2S. The highest BCUT2D eigenvalue weighted by Gasteiger charge is 2.05. The van der Waals surface area contributed by atoms with E-state index in [-0.39, 0.29) is 0 Å². The fourth-order valence-corrected chi connectivity index (χ4v) is 2.44. The van der Waals surface area contributed by atoms with Gasteiger partial charge in [-0.1, -0.05) is 48.9 Å². The molecule has 4 heteroatoms. The molecule has 2 aromatic carbocycles. The highest BCUT2D eigenvalue weighted by atomic mass is 35.5. The molecule has 2 rings (SSSR count). The average molecular weight is 319 g/mol. The van der Waals surface area contributed by atoms with Crippen LogP contribution >= 0.6 is 23.8 Å². The number of para-hydroxylation sites is 1. The van der Waals surface area contributed by atoms with Gasteiger partial charge in [-0.2, -0.15) is 0 Å². The molecule has 0 amide bonds. The second-order valence-corrected chi connectivity index (χ2v) is 5.74. The monoisotopic (exact) mass is 318 g/mol. The fourth-order valence-electron chi connectivity index (χ4n) is 2.14. The maximum Gasteiger partial charge on any atom is 0.171 e. The molecule has 0 atom stereocenters. The van der Waals surface area contributed by atoms with E-state index in [1.54, 1.807) is 0 Å². The summed E-state index contributed by atoms with van der Waals surface area (Å²) in [6, 6.07) is 14.0. The van der Waals surface area contributed by atoms with Gasteiger partial charge in [0.1, 0.15) is 0 Å². The summed E-state index contributed by atoms with van der Waals surface area (Å²) in [7, 11) is 0. The second kappa shape index (κ2) is 7.43. The summed E-state index contributed by atoms with van der Waals surface area (Å²) in [5, 5.41) is 7.90. The van der Waals surface area contributed by atoms with Crippen LogP contribution in [0.2, 0.25) is 5.02 Å². The minimum absolute atomic E-state index is 0.633. The lowest BCUT2D eigenvalue weighted by Crippen LogP contribution is -2.28. The van der Waals surface area contributed by atoms with Gasteiger partial charge in [-0.3, -0.25) is 0 Å². The maximum absolute atomic E-state index is 5.87. The summed E-state index contributed by atoms with van der Waals surface area (Å²) in [5.74, 6) is 0. The van der Waals surface area contributed by atoms with E-state index in [1.807, 2.05) is 24.3 Å². The molecule has 0 fully saturated rings. The number of hydrogen-bond acceptors (Lipinski definition) is 1. The minimum Gasteiger partial charge on any atom is -0.358 e. The molecule has 0 saturated carbocycles. The third-order valence-corrected chi connectivity index (χ3v) is 3.84. The first kappa shape index (κ1) is 15.8. The molecule has 2 aromatic rings. The summed E-state index contributed by atoms with van der Waals surface area (Å²) in [5.41, 5.74) is 4.72. The zero-order valence-corrected chi connectivity index (χ0v) is 13.8. The summed E-state index contributed by atoms with van der Waals surface area (Å²) < 4.78 is 0. The first-order chi connectivity index (χ1) is 10.1. The van der Waals surface area contributed by atoms with Crippen LogP contribution in [0.1, 0.15) is 23.6 Å². The van der Waals surface area contributed by atoms with Crippen molar-refractivity contribution in [3.8, 4) is 0 Å². The lowest BCUT2D eigenvalue weighted by molar-refractivity contribution is 0.925. The van der Waals surface area contributed by atoms with E-state index in [2.05, 4.69) is 42.7 Å². The SMILES string of the molecule is CCc1cccc(C)c1NC(=S)NCc1ccc(Cl)cc1. The Morgan fingerprint density at radius 1 is 1.14 bits per heavy atom. The topological polar surface area (TPSA) is 24.1 Å². The van der Waals surface area contributed by atoms with Crippen LogP contribution in [0.4, 0.5) is 5.69 Å². The molecule has 0 aliphatic rings. The Morgan fingerprint density at radius 2 is 1.86 bits per heavy atom. The van der Waals surface area contributed by atoms with Crippen molar-refractivity contribution in [3.63, 3.8) is 0 Å². The smallest absolute Gasteiger partial charge is 0.171 e. The van der Waals surface area contributed by atoms with Gasteiger partial charge in [0.15, 0.2) is 5.11 Å². The minimum atomic E-state index is 0.633. The van der Waals surface area contributed by atoms with Gasteiger partial charge in [-0.05, 0) is 54.4 Å². The van der Waals surface area contributed by atoms with E-state index in [1.165, 1.54) is 11.1 Å². The van der Waals surface area contributed by atoms with Crippen LogP contribution in [0, 0.1) is 6.92 Å². The van der Waals surface area contributed by atoms with Gasteiger partial charge in [0.25, 0.3) is 0 Å². The van der Waals surface area contributed by atoms with Gasteiger partial charge in [-0.15, -0.1) is 0 Å². The van der Waals surface area contributed by atoms with Crippen molar-refractivity contribution in [3.05, 3.63) is 64.2 Å². The molecule has 0 radical (unpaired) electrons. The van der Waals surface area contributed by atoms with Crippen LogP contribution < -0.4 is 10.6 Å². The van der Waals surface area contributed by atoms with E-state index in [4.69, 9.17) is 23.8 Å². The summed E-state index contributed by atoms with van der Waals surface area (Å²) in [6.07, 6.45) is 0.976. The van der Waals surface area contributed by atoms with Gasteiger partial charge in [-0.25, -0.2) is 0 Å². The van der Waals surface area contributed by atoms with Gasteiger partial charge in [0.05, 0.1) is 0 Å². The zero-order valence-electron chi connectivity index (χ0n) is 12.2. The van der Waals surface area contributed by atoms with E-state index >= 15 is 0 Å². The van der Waals surface area contributed by atoms with Crippen molar-refractivity contribution in [2.75, 3.05) is 5.32 Å². The van der Waals surface area contributed by atoms with E-state index in [0.717, 1.165) is 22.7 Å². The molecule has 110 valence electrons. The standard InChI is InChI=1S/C17H19ClN2S/c1-3-14-6-4-5-12(2)16(14)20-17(21)19-11-13-7-9-15(18)10-8-13/h4-10H,3,11H2,1-2H3,(H2,19,20,21). The van der Waals surface area contributed by atoms with Crippen LogP contribution in [0.15, 0.2) is 42.5 Å². The Balaban J connectivity index is 1.97. The highest BCUT2D eigenvalue weighted by molar-refractivity contribution is 7.80. The molecule has 2 N–H and O–H groups in total. The number of benzene rings is 2. The number of hydrogen-bond donors (Lipinski definition) is 2. The molecule has 0 aliphatic carbocycles. The number of aryl methyl sites for hydroxylation is 2. The maximum atomic E-state index is 5.87. The Bertz CT molecular complexity index is 623. The summed E-state index contributed by atoms with van der Waals surface area (Å²) >= 11 is 11.3. The van der Waals surface area contributed by atoms with Crippen LogP contribution in [0.25, 0.3) is 0 Å². The fraction of sp³-hybridized carbons (Fsp3) is 0.235. The number of thiocarbonyl (C=S) groups is 1. The number of halogens is 1. The van der Waals surface area contributed by atoms with Gasteiger partial charge >= 0.3 is 0 Å². The Kier molecular flexibility index (Phi) is 5.59. The predicted molar refractivity (Wildman–Crippen MR) is 95.1 cm³/mol. The molecule has 0 spiro atoms. The summed E-state index contributed by atoms with van der Waals surface area (Å²) in [6.45, 7) is 4.91. The van der Waals surface area contributed by atoms with Crippen LogP contribution in [0.5, 0.6) is 0 Å². The largest absolute Gasteiger partial charge is 0.358 e. The van der Waals surface area contributed by atoms with Gasteiger partial charge < -0.3 is 10.6 Å². The quantitative estimate of drug-likeness (QED) is 0.799.